The van der Waals surface area contributed by atoms with Gasteiger partial charge in [0.25, 0.3) is 0 Å². The number of hydrogen-bond acceptors (Lipinski definition) is 4. The SMILES string of the molecule is CN1CCOC[C@H](CNC(=O)Cn2cnc3ccccc32)C1. The summed E-state index contributed by atoms with van der Waals surface area (Å²) < 4.78 is 7.44. The topological polar surface area (TPSA) is 59.4 Å². The summed E-state index contributed by atoms with van der Waals surface area (Å²) in [6.07, 6.45) is 1.72. The fraction of sp³-hybridized carbons (Fsp3) is 0.500. The molecule has 118 valence electrons. The van der Waals surface area contributed by atoms with Crippen LogP contribution in [0.3, 0.4) is 0 Å². The molecule has 1 saturated heterocycles. The fourth-order valence-corrected chi connectivity index (χ4v) is 2.78. The van der Waals surface area contributed by atoms with Crippen molar-refractivity contribution >= 4 is 16.9 Å². The van der Waals surface area contributed by atoms with E-state index in [0.29, 0.717) is 25.6 Å². The van der Waals surface area contributed by atoms with Gasteiger partial charge in [-0.25, -0.2) is 4.98 Å². The molecule has 1 fully saturated rings. The normalized spacial score (nSPS) is 20.0. The number of nitrogens with zero attached hydrogens (tertiary/aromatic N) is 3. The number of para-hydroxylation sites is 2. The minimum atomic E-state index is 0.00931. The molecular weight excluding hydrogens is 280 g/mol. The summed E-state index contributed by atoms with van der Waals surface area (Å²) in [6, 6.07) is 7.82. The Hall–Kier alpha value is -1.92. The van der Waals surface area contributed by atoms with Crippen molar-refractivity contribution in [2.75, 3.05) is 39.9 Å². The lowest BCUT2D eigenvalue weighted by Gasteiger charge is -2.19. The number of imidazole rings is 1. The number of rotatable bonds is 4. The summed E-state index contributed by atoms with van der Waals surface area (Å²) in [5, 5.41) is 3.01. The molecule has 22 heavy (non-hydrogen) atoms. The Morgan fingerprint density at radius 3 is 3.23 bits per heavy atom. The molecule has 3 rings (SSSR count). The molecule has 0 unspecified atom stereocenters. The number of likely N-dealkylation sites (N-methyl/N-ethyl adjacent to an activating group) is 1. The highest BCUT2D eigenvalue weighted by Gasteiger charge is 2.17. The number of hydrogen-bond donors (Lipinski definition) is 1. The van der Waals surface area contributed by atoms with Gasteiger partial charge in [-0.1, -0.05) is 12.1 Å². The molecule has 6 nitrogen and oxygen atoms in total. The van der Waals surface area contributed by atoms with Crippen molar-refractivity contribution in [3.8, 4) is 0 Å². The Kier molecular flexibility index (Phi) is 4.70. The first-order valence-electron chi connectivity index (χ1n) is 7.65. The number of benzene rings is 1. The van der Waals surface area contributed by atoms with Crippen LogP contribution in [-0.4, -0.2) is 60.3 Å². The Balaban J connectivity index is 1.54. The first-order chi connectivity index (χ1) is 10.7. The van der Waals surface area contributed by atoms with Gasteiger partial charge in [0.1, 0.15) is 6.54 Å². The van der Waals surface area contributed by atoms with E-state index < -0.39 is 0 Å². The van der Waals surface area contributed by atoms with E-state index in [1.165, 1.54) is 0 Å². The summed E-state index contributed by atoms with van der Waals surface area (Å²) in [5.74, 6) is 0.353. The highest BCUT2D eigenvalue weighted by molar-refractivity contribution is 5.80. The average Bonchev–Trinajstić information content (AvgIpc) is 2.79. The van der Waals surface area contributed by atoms with Crippen LogP contribution in [-0.2, 0) is 16.1 Å². The second-order valence-electron chi connectivity index (χ2n) is 5.87. The van der Waals surface area contributed by atoms with E-state index in [4.69, 9.17) is 4.74 Å². The van der Waals surface area contributed by atoms with E-state index in [1.54, 1.807) is 6.33 Å². The molecule has 2 heterocycles. The summed E-state index contributed by atoms with van der Waals surface area (Å²) in [7, 11) is 2.08. The summed E-state index contributed by atoms with van der Waals surface area (Å²) in [5.41, 5.74) is 1.89. The molecule has 1 aliphatic rings. The fourth-order valence-electron chi connectivity index (χ4n) is 2.78. The Bertz CT molecular complexity index is 640. The van der Waals surface area contributed by atoms with E-state index in [0.717, 1.165) is 30.7 Å². The minimum absolute atomic E-state index is 0.00931. The molecule has 0 radical (unpaired) electrons. The number of nitrogens with one attached hydrogen (secondary N) is 1. The van der Waals surface area contributed by atoms with Crippen LogP contribution >= 0.6 is 0 Å². The molecule has 1 aromatic carbocycles. The zero-order valence-corrected chi connectivity index (χ0v) is 12.9. The quantitative estimate of drug-likeness (QED) is 0.904. The Morgan fingerprint density at radius 2 is 2.32 bits per heavy atom. The van der Waals surface area contributed by atoms with Gasteiger partial charge in [-0.3, -0.25) is 4.79 Å². The van der Waals surface area contributed by atoms with Gasteiger partial charge in [0.2, 0.25) is 5.91 Å². The van der Waals surface area contributed by atoms with Gasteiger partial charge in [0.05, 0.1) is 30.6 Å². The number of carbonyl (C=O) groups is 1. The van der Waals surface area contributed by atoms with Crippen LogP contribution in [0, 0.1) is 5.92 Å². The molecule has 1 amide bonds. The molecule has 1 aromatic heterocycles. The maximum Gasteiger partial charge on any atom is 0.240 e. The van der Waals surface area contributed by atoms with Gasteiger partial charge in [0.15, 0.2) is 0 Å². The molecule has 0 spiro atoms. The predicted molar refractivity (Wildman–Crippen MR) is 84.5 cm³/mol. The van der Waals surface area contributed by atoms with Crippen LogP contribution in [0.25, 0.3) is 11.0 Å². The highest BCUT2D eigenvalue weighted by atomic mass is 16.5. The number of amides is 1. The smallest absolute Gasteiger partial charge is 0.240 e. The molecular formula is C16H22N4O2. The van der Waals surface area contributed by atoms with Crippen molar-refractivity contribution in [3.05, 3.63) is 30.6 Å². The second-order valence-corrected chi connectivity index (χ2v) is 5.87. The third-order valence-corrected chi connectivity index (χ3v) is 3.97. The Labute approximate surface area is 130 Å². The van der Waals surface area contributed by atoms with Crippen LogP contribution in [0.4, 0.5) is 0 Å². The molecule has 2 aromatic rings. The maximum atomic E-state index is 12.2. The molecule has 1 aliphatic heterocycles. The summed E-state index contributed by atoms with van der Waals surface area (Å²) >= 11 is 0. The summed E-state index contributed by atoms with van der Waals surface area (Å²) in [6.45, 7) is 4.32. The van der Waals surface area contributed by atoms with Gasteiger partial charge < -0.3 is 19.5 Å². The van der Waals surface area contributed by atoms with Crippen LogP contribution in [0.1, 0.15) is 0 Å². The number of fused-ring (bicyclic) bond motifs is 1. The molecule has 1 atom stereocenters. The lowest BCUT2D eigenvalue weighted by Crippen LogP contribution is -2.37. The van der Waals surface area contributed by atoms with Crippen LogP contribution < -0.4 is 5.32 Å². The Morgan fingerprint density at radius 1 is 1.45 bits per heavy atom. The van der Waals surface area contributed by atoms with Gasteiger partial charge in [-0.2, -0.15) is 0 Å². The average molecular weight is 302 g/mol. The third kappa shape index (κ3) is 3.64. The number of aromatic nitrogens is 2. The van der Waals surface area contributed by atoms with Gasteiger partial charge in [0, 0.05) is 25.6 Å². The predicted octanol–water partition coefficient (Wildman–Crippen LogP) is 0.731. The lowest BCUT2D eigenvalue weighted by molar-refractivity contribution is -0.121. The van der Waals surface area contributed by atoms with E-state index in [1.807, 2.05) is 28.8 Å². The van der Waals surface area contributed by atoms with Crippen LogP contribution in [0.2, 0.25) is 0 Å². The number of ether oxygens (including phenoxy) is 1. The van der Waals surface area contributed by atoms with E-state index in [9.17, 15) is 4.79 Å². The zero-order valence-electron chi connectivity index (χ0n) is 12.9. The minimum Gasteiger partial charge on any atom is -0.380 e. The van der Waals surface area contributed by atoms with Crippen molar-refractivity contribution in [2.45, 2.75) is 6.54 Å². The largest absolute Gasteiger partial charge is 0.380 e. The van der Waals surface area contributed by atoms with Crippen molar-refractivity contribution in [1.82, 2.24) is 19.8 Å². The molecule has 1 N–H and O–H groups in total. The molecule has 0 saturated carbocycles. The molecule has 6 heteroatoms. The van der Waals surface area contributed by atoms with Crippen molar-refractivity contribution < 1.29 is 9.53 Å². The first kappa shape index (κ1) is 15.0. The monoisotopic (exact) mass is 302 g/mol. The van der Waals surface area contributed by atoms with Crippen molar-refractivity contribution in [2.24, 2.45) is 5.92 Å². The van der Waals surface area contributed by atoms with E-state index in [-0.39, 0.29) is 5.91 Å². The summed E-state index contributed by atoms with van der Waals surface area (Å²) in [4.78, 5) is 18.7. The molecule has 0 aliphatic carbocycles. The van der Waals surface area contributed by atoms with Crippen LogP contribution in [0.5, 0.6) is 0 Å². The van der Waals surface area contributed by atoms with E-state index in [2.05, 4.69) is 22.2 Å². The highest BCUT2D eigenvalue weighted by Crippen LogP contribution is 2.11. The second kappa shape index (κ2) is 6.89. The van der Waals surface area contributed by atoms with E-state index >= 15 is 0 Å². The van der Waals surface area contributed by atoms with Crippen molar-refractivity contribution in [1.29, 1.82) is 0 Å². The lowest BCUT2D eigenvalue weighted by atomic mass is 10.1. The standard InChI is InChI=1S/C16H22N4O2/c1-19-6-7-22-11-13(9-19)8-17-16(21)10-20-12-18-14-4-2-3-5-15(14)20/h2-5,12-13H,6-11H2,1H3,(H,17,21)/t13-/m1/s1. The van der Waals surface area contributed by atoms with Gasteiger partial charge >= 0.3 is 0 Å². The molecule has 0 bridgehead atoms. The zero-order chi connectivity index (χ0) is 15.4. The third-order valence-electron chi connectivity index (χ3n) is 3.97. The maximum absolute atomic E-state index is 12.2. The first-order valence-corrected chi connectivity index (χ1v) is 7.65. The number of carbonyl (C=O) groups excluding carboxylic acids is 1. The van der Waals surface area contributed by atoms with Gasteiger partial charge in [-0.15, -0.1) is 0 Å². The van der Waals surface area contributed by atoms with Gasteiger partial charge in [-0.05, 0) is 19.2 Å². The van der Waals surface area contributed by atoms with Crippen molar-refractivity contribution in [3.63, 3.8) is 0 Å². The van der Waals surface area contributed by atoms with Crippen LogP contribution in [0.15, 0.2) is 30.6 Å².